The van der Waals surface area contributed by atoms with Crippen molar-refractivity contribution in [2.24, 2.45) is 0 Å². The summed E-state index contributed by atoms with van der Waals surface area (Å²) in [5, 5.41) is 3.64. The molecular weight excluding hydrogens is 325 g/mol. The first-order valence-corrected chi connectivity index (χ1v) is 7.29. The van der Waals surface area contributed by atoms with E-state index in [2.05, 4.69) is 5.32 Å². The fourth-order valence-corrected chi connectivity index (χ4v) is 2.17. The van der Waals surface area contributed by atoms with Crippen LogP contribution >= 0.6 is 23.2 Å². The molecule has 6 heteroatoms. The minimum absolute atomic E-state index is 0.158. The maximum atomic E-state index is 11.9. The summed E-state index contributed by atoms with van der Waals surface area (Å²) >= 11 is 11.8. The summed E-state index contributed by atoms with van der Waals surface area (Å²) in [6, 6.07) is 12.2. The minimum atomic E-state index is -0.286. The molecule has 0 aromatic heterocycles. The molecule has 0 bridgehead atoms. The summed E-state index contributed by atoms with van der Waals surface area (Å²) in [6.45, 7) is 0.326. The number of halogens is 2. The molecule has 1 amide bonds. The number of methoxy groups -OCH3 is 1. The summed E-state index contributed by atoms with van der Waals surface area (Å²) in [4.78, 5) is 11.9. The Bertz CT molecular complexity index is 662. The van der Waals surface area contributed by atoms with E-state index in [0.717, 1.165) is 5.56 Å². The number of hydrogen-bond donors (Lipinski definition) is 1. The number of hydrogen-bond acceptors (Lipinski definition) is 3. The zero-order chi connectivity index (χ0) is 15.9. The second-order valence-electron chi connectivity index (χ2n) is 4.54. The van der Waals surface area contributed by atoms with E-state index in [0.29, 0.717) is 28.1 Å². The molecule has 0 unspecified atom stereocenters. The highest BCUT2D eigenvalue weighted by atomic mass is 35.5. The molecule has 0 saturated carbocycles. The largest absolute Gasteiger partial charge is 0.482 e. The topological polar surface area (TPSA) is 47.6 Å². The third-order valence-corrected chi connectivity index (χ3v) is 3.32. The fraction of sp³-hybridized carbons (Fsp3) is 0.188. The first-order valence-electron chi connectivity index (χ1n) is 6.54. The van der Waals surface area contributed by atoms with Gasteiger partial charge in [-0.25, -0.2) is 0 Å². The normalized spacial score (nSPS) is 10.3. The van der Waals surface area contributed by atoms with Gasteiger partial charge in [0.25, 0.3) is 5.91 Å². The third-order valence-electron chi connectivity index (χ3n) is 2.77. The number of rotatable bonds is 6. The van der Waals surface area contributed by atoms with Crippen LogP contribution in [0.1, 0.15) is 5.56 Å². The average Bonchev–Trinajstić information content (AvgIpc) is 2.49. The molecule has 0 atom stereocenters. The van der Waals surface area contributed by atoms with Crippen molar-refractivity contribution in [3.05, 3.63) is 58.1 Å². The number of anilines is 1. The summed E-state index contributed by atoms with van der Waals surface area (Å²) in [5.74, 6) is 0.0862. The zero-order valence-electron chi connectivity index (χ0n) is 11.9. The molecule has 0 aliphatic rings. The van der Waals surface area contributed by atoms with Crippen molar-refractivity contribution >= 4 is 34.8 Å². The predicted octanol–water partition coefficient (Wildman–Crippen LogP) is 4.16. The number of nitrogens with one attached hydrogen (secondary N) is 1. The van der Waals surface area contributed by atoms with E-state index in [1.54, 1.807) is 31.4 Å². The molecule has 116 valence electrons. The highest BCUT2D eigenvalue weighted by molar-refractivity contribution is 6.34. The molecule has 0 radical (unpaired) electrons. The molecule has 0 fully saturated rings. The van der Waals surface area contributed by atoms with Crippen LogP contribution in [0, 0.1) is 0 Å². The Morgan fingerprint density at radius 1 is 1.18 bits per heavy atom. The van der Waals surface area contributed by atoms with Crippen molar-refractivity contribution in [2.75, 3.05) is 19.0 Å². The van der Waals surface area contributed by atoms with Gasteiger partial charge in [0.15, 0.2) is 6.61 Å². The van der Waals surface area contributed by atoms with Crippen molar-refractivity contribution in [1.29, 1.82) is 0 Å². The number of benzene rings is 2. The van der Waals surface area contributed by atoms with Gasteiger partial charge in [0.1, 0.15) is 5.75 Å². The standard InChI is InChI=1S/C16H15Cl2NO3/c1-21-9-11-3-2-4-13(7-11)19-16(20)10-22-15-8-12(17)5-6-14(15)18/h2-8H,9-10H2,1H3,(H,19,20). The lowest BCUT2D eigenvalue weighted by Gasteiger charge is -2.10. The Labute approximate surface area is 138 Å². The van der Waals surface area contributed by atoms with Crippen molar-refractivity contribution in [1.82, 2.24) is 0 Å². The van der Waals surface area contributed by atoms with Crippen LogP contribution in [0.3, 0.4) is 0 Å². The average molecular weight is 340 g/mol. The van der Waals surface area contributed by atoms with Gasteiger partial charge in [-0.2, -0.15) is 0 Å². The van der Waals surface area contributed by atoms with Crippen LogP contribution in [0.25, 0.3) is 0 Å². The van der Waals surface area contributed by atoms with Crippen molar-refractivity contribution in [3.8, 4) is 5.75 Å². The molecule has 22 heavy (non-hydrogen) atoms. The fourth-order valence-electron chi connectivity index (χ4n) is 1.83. The van der Waals surface area contributed by atoms with Gasteiger partial charge < -0.3 is 14.8 Å². The van der Waals surface area contributed by atoms with E-state index in [9.17, 15) is 4.79 Å². The molecule has 0 heterocycles. The van der Waals surface area contributed by atoms with E-state index in [1.165, 1.54) is 0 Å². The summed E-state index contributed by atoms with van der Waals surface area (Å²) in [5.41, 5.74) is 1.65. The van der Waals surface area contributed by atoms with E-state index in [1.807, 2.05) is 18.2 Å². The molecule has 0 aliphatic carbocycles. The summed E-state index contributed by atoms with van der Waals surface area (Å²) in [7, 11) is 1.62. The Balaban J connectivity index is 1.93. The quantitative estimate of drug-likeness (QED) is 0.859. The van der Waals surface area contributed by atoms with E-state index in [4.69, 9.17) is 32.7 Å². The Kier molecular flexibility index (Phi) is 6.07. The van der Waals surface area contributed by atoms with Gasteiger partial charge in [-0.3, -0.25) is 4.79 Å². The van der Waals surface area contributed by atoms with Crippen LogP contribution in [0.2, 0.25) is 10.0 Å². The van der Waals surface area contributed by atoms with Crippen molar-refractivity contribution in [2.45, 2.75) is 6.61 Å². The molecule has 2 rings (SSSR count). The van der Waals surface area contributed by atoms with E-state index < -0.39 is 0 Å². The Morgan fingerprint density at radius 3 is 2.77 bits per heavy atom. The van der Waals surface area contributed by atoms with Gasteiger partial charge >= 0.3 is 0 Å². The molecule has 1 N–H and O–H groups in total. The van der Waals surface area contributed by atoms with Gasteiger partial charge in [-0.05, 0) is 29.8 Å². The van der Waals surface area contributed by atoms with Crippen LogP contribution in [-0.2, 0) is 16.1 Å². The van der Waals surface area contributed by atoms with Gasteiger partial charge in [0.2, 0.25) is 0 Å². The molecule has 0 spiro atoms. The van der Waals surface area contributed by atoms with Gasteiger partial charge in [-0.15, -0.1) is 0 Å². The highest BCUT2D eigenvalue weighted by Crippen LogP contribution is 2.27. The molecule has 0 aliphatic heterocycles. The number of carbonyl (C=O) groups excluding carboxylic acids is 1. The monoisotopic (exact) mass is 339 g/mol. The van der Waals surface area contributed by atoms with Crippen LogP contribution in [0.15, 0.2) is 42.5 Å². The highest BCUT2D eigenvalue weighted by Gasteiger charge is 2.07. The molecule has 4 nitrogen and oxygen atoms in total. The number of carbonyl (C=O) groups is 1. The maximum Gasteiger partial charge on any atom is 0.262 e. The summed E-state index contributed by atoms with van der Waals surface area (Å²) in [6.07, 6.45) is 0. The van der Waals surface area contributed by atoms with Crippen LogP contribution in [-0.4, -0.2) is 19.6 Å². The lowest BCUT2D eigenvalue weighted by Crippen LogP contribution is -2.20. The SMILES string of the molecule is COCc1cccc(NC(=O)COc2cc(Cl)ccc2Cl)c1. The smallest absolute Gasteiger partial charge is 0.262 e. The van der Waals surface area contributed by atoms with Crippen molar-refractivity contribution in [3.63, 3.8) is 0 Å². The van der Waals surface area contributed by atoms with Crippen LogP contribution in [0.4, 0.5) is 5.69 Å². The maximum absolute atomic E-state index is 11.9. The van der Waals surface area contributed by atoms with E-state index in [-0.39, 0.29) is 12.5 Å². The van der Waals surface area contributed by atoms with Gasteiger partial charge in [0, 0.05) is 23.9 Å². The molecular formula is C16H15Cl2NO3. The predicted molar refractivity (Wildman–Crippen MR) is 87.7 cm³/mol. The lowest BCUT2D eigenvalue weighted by molar-refractivity contribution is -0.118. The Morgan fingerprint density at radius 2 is 2.00 bits per heavy atom. The zero-order valence-corrected chi connectivity index (χ0v) is 13.4. The van der Waals surface area contributed by atoms with Crippen molar-refractivity contribution < 1.29 is 14.3 Å². The van der Waals surface area contributed by atoms with Crippen LogP contribution in [0.5, 0.6) is 5.75 Å². The first kappa shape index (κ1) is 16.6. The van der Waals surface area contributed by atoms with Gasteiger partial charge in [0.05, 0.1) is 11.6 Å². The van der Waals surface area contributed by atoms with Crippen LogP contribution < -0.4 is 10.1 Å². The first-order chi connectivity index (χ1) is 10.6. The lowest BCUT2D eigenvalue weighted by atomic mass is 10.2. The van der Waals surface area contributed by atoms with E-state index >= 15 is 0 Å². The second kappa shape index (κ2) is 8.03. The molecule has 2 aromatic carbocycles. The number of ether oxygens (including phenoxy) is 2. The number of amides is 1. The molecule has 2 aromatic rings. The minimum Gasteiger partial charge on any atom is -0.482 e. The second-order valence-corrected chi connectivity index (χ2v) is 5.39. The summed E-state index contributed by atoms with van der Waals surface area (Å²) < 4.78 is 10.4. The molecule has 0 saturated heterocycles. The third kappa shape index (κ3) is 4.91. The van der Waals surface area contributed by atoms with Gasteiger partial charge in [-0.1, -0.05) is 35.3 Å². The Hall–Kier alpha value is -1.75.